The van der Waals surface area contributed by atoms with Crippen LogP contribution in [0.1, 0.15) is 73.6 Å². The predicted molar refractivity (Wildman–Crippen MR) is 242 cm³/mol. The first-order valence-corrected chi connectivity index (χ1v) is 23.5. The first-order chi connectivity index (χ1) is 32.7. The normalized spacial score (nSPS) is 20.4. The van der Waals surface area contributed by atoms with E-state index in [1.165, 1.54) is 97.1 Å². The van der Waals surface area contributed by atoms with E-state index in [9.17, 15) is 36.7 Å². The topological polar surface area (TPSA) is 118 Å². The third kappa shape index (κ3) is 10.7. The summed E-state index contributed by atoms with van der Waals surface area (Å²) in [5, 5.41) is 0. The molecule has 0 spiro atoms. The number of piperidine rings is 2. The number of halogens is 4. The lowest BCUT2D eigenvalue weighted by Gasteiger charge is -2.46. The molecule has 12 nitrogen and oxygen atoms in total. The minimum atomic E-state index is -1.74. The first kappa shape index (κ1) is 48.5. The lowest BCUT2D eigenvalue weighted by atomic mass is 9.71. The summed E-state index contributed by atoms with van der Waals surface area (Å²) in [7, 11) is 3.40. The van der Waals surface area contributed by atoms with Gasteiger partial charge in [0.15, 0.2) is 11.2 Å². The summed E-state index contributed by atoms with van der Waals surface area (Å²) >= 11 is 0. The van der Waals surface area contributed by atoms with Gasteiger partial charge in [0.05, 0.1) is 0 Å². The molecule has 0 aromatic heterocycles. The highest BCUT2D eigenvalue weighted by Gasteiger charge is 2.52. The van der Waals surface area contributed by atoms with Crippen LogP contribution >= 0.6 is 0 Å². The van der Waals surface area contributed by atoms with Crippen molar-refractivity contribution in [1.29, 1.82) is 0 Å². The highest BCUT2D eigenvalue weighted by molar-refractivity contribution is 6.30. The van der Waals surface area contributed by atoms with Gasteiger partial charge in [-0.25, -0.2) is 36.7 Å². The Kier molecular flexibility index (Phi) is 15.0. The van der Waals surface area contributed by atoms with Gasteiger partial charge in [0.25, 0.3) is 0 Å². The number of ether oxygens (including phenoxy) is 4. The van der Waals surface area contributed by atoms with Crippen molar-refractivity contribution in [1.82, 2.24) is 19.6 Å². The highest BCUT2D eigenvalue weighted by atomic mass is 19.1. The molecule has 0 saturated carbocycles. The molecule has 4 aliphatic heterocycles. The average Bonchev–Trinajstić information content (AvgIpc) is 3.34. The molecule has 68 heavy (non-hydrogen) atoms. The van der Waals surface area contributed by atoms with Crippen LogP contribution in [0.5, 0.6) is 0 Å². The van der Waals surface area contributed by atoms with Gasteiger partial charge in [-0.15, -0.1) is 0 Å². The third-order valence-electron chi connectivity index (χ3n) is 14.4. The van der Waals surface area contributed by atoms with Crippen LogP contribution in [0, 0.1) is 35.1 Å². The lowest BCUT2D eigenvalue weighted by molar-refractivity contribution is -0.191. The molecule has 0 N–H and O–H groups in total. The number of nitrogens with zero attached hydrogens (tertiary/aromatic N) is 4. The van der Waals surface area contributed by atoms with E-state index >= 15 is 0 Å². The Morgan fingerprint density at radius 1 is 0.485 bits per heavy atom. The number of benzene rings is 4. The van der Waals surface area contributed by atoms with Crippen molar-refractivity contribution in [2.24, 2.45) is 11.8 Å². The minimum Gasteiger partial charge on any atom is -0.446 e. The molecule has 16 heteroatoms. The zero-order valence-electron chi connectivity index (χ0n) is 38.4. The van der Waals surface area contributed by atoms with Crippen LogP contribution in [0.3, 0.4) is 0 Å². The maximum Gasteiger partial charge on any atom is 0.418 e. The molecular formula is C52H58F4N4O8. The molecule has 8 rings (SSSR count). The number of carbonyl (C=O) groups excluding carboxylic acids is 4. The summed E-state index contributed by atoms with van der Waals surface area (Å²) < 4.78 is 83.0. The highest BCUT2D eigenvalue weighted by Crippen LogP contribution is 2.48. The van der Waals surface area contributed by atoms with Crippen molar-refractivity contribution >= 4 is 24.1 Å². The lowest BCUT2D eigenvalue weighted by Crippen LogP contribution is -2.50. The summed E-state index contributed by atoms with van der Waals surface area (Å²) in [4.78, 5) is 61.7. The summed E-state index contributed by atoms with van der Waals surface area (Å²) in [5.74, 6) is -5.93. The Morgan fingerprint density at radius 2 is 0.765 bits per heavy atom. The van der Waals surface area contributed by atoms with Crippen LogP contribution in [0.15, 0.2) is 97.1 Å². The van der Waals surface area contributed by atoms with E-state index in [2.05, 4.69) is 9.80 Å². The molecule has 0 bridgehead atoms. The van der Waals surface area contributed by atoms with E-state index in [1.807, 2.05) is 0 Å². The molecule has 4 aliphatic rings. The van der Waals surface area contributed by atoms with Crippen molar-refractivity contribution < 1.29 is 55.7 Å². The predicted octanol–water partition coefficient (Wildman–Crippen LogP) is 8.40. The van der Waals surface area contributed by atoms with Crippen LogP contribution < -0.4 is 0 Å². The second-order valence-electron chi connectivity index (χ2n) is 18.5. The summed E-state index contributed by atoms with van der Waals surface area (Å²) in [5.41, 5.74) is -2.06. The fourth-order valence-electron chi connectivity index (χ4n) is 10.5. The maximum absolute atomic E-state index is 14.9. The average molecular weight is 943 g/mol. The molecule has 4 aromatic rings. The first-order valence-electron chi connectivity index (χ1n) is 23.5. The molecule has 2 unspecified atom stereocenters. The molecule has 0 radical (unpaired) electrons. The number of esters is 2. The molecule has 362 valence electrons. The van der Waals surface area contributed by atoms with E-state index < -0.39 is 58.2 Å². The second kappa shape index (κ2) is 21.1. The molecule has 2 atom stereocenters. The fourth-order valence-corrected chi connectivity index (χ4v) is 10.5. The van der Waals surface area contributed by atoms with Gasteiger partial charge in [0.2, 0.25) is 0 Å². The van der Waals surface area contributed by atoms with Crippen molar-refractivity contribution in [3.63, 3.8) is 0 Å². The van der Waals surface area contributed by atoms with Crippen molar-refractivity contribution in [2.75, 3.05) is 66.5 Å². The van der Waals surface area contributed by atoms with Crippen molar-refractivity contribution in [3.8, 4) is 0 Å². The standard InChI is InChI=1S/C52H58F4N4O8/c1-57-27-23-45(65-49(57)63)25-33-59-29-19-39(20-30-59)51(35-3-11-41(53)12-4-35,36-5-13-42(54)14-6-36)67-47(61)48(62)68-52(37-7-15-43(55)16-8-37,38-9-17-44(56)18-10-38)40-21-31-60(32-22-40)34-26-46-24-28-58(2)50(64)66-46/h3-18,39-40,45-46H,19-34H2,1-2H3. The molecule has 4 fully saturated rings. The number of cyclic esters (lactones) is 2. The quantitative estimate of drug-likeness (QED) is 0.0528. The Bertz CT molecular complexity index is 2120. The maximum atomic E-state index is 14.9. The van der Waals surface area contributed by atoms with Crippen molar-refractivity contribution in [3.05, 3.63) is 143 Å². The third-order valence-corrected chi connectivity index (χ3v) is 14.4. The van der Waals surface area contributed by atoms with E-state index in [1.54, 1.807) is 23.9 Å². The number of carbonyl (C=O) groups is 4. The fraction of sp³-hybridized carbons (Fsp3) is 0.462. The van der Waals surface area contributed by atoms with Gasteiger partial charge in [-0.1, -0.05) is 48.5 Å². The minimum absolute atomic E-state index is 0.220. The molecule has 4 heterocycles. The van der Waals surface area contributed by atoms with Crippen LogP contribution in [0.2, 0.25) is 0 Å². The Balaban J connectivity index is 1.09. The van der Waals surface area contributed by atoms with Gasteiger partial charge in [-0.2, -0.15) is 0 Å². The zero-order valence-corrected chi connectivity index (χ0v) is 38.4. The van der Waals surface area contributed by atoms with E-state index in [4.69, 9.17) is 18.9 Å². The van der Waals surface area contributed by atoms with Crippen LogP contribution in [-0.2, 0) is 39.7 Å². The van der Waals surface area contributed by atoms with Gasteiger partial charge in [-0.3, -0.25) is 0 Å². The number of hydrogen-bond donors (Lipinski definition) is 0. The van der Waals surface area contributed by atoms with E-state index in [0.29, 0.717) is 126 Å². The van der Waals surface area contributed by atoms with E-state index in [0.717, 1.165) is 0 Å². The SMILES string of the molecule is CN1CCC(CCN2CCC(C(OC(=O)C(=O)OC(c3ccc(F)cc3)(c3ccc(F)cc3)C3CCN(CCC4CCN(C)C(=O)O4)CC3)(c3ccc(F)cc3)c3ccc(F)cc3)CC2)OC1=O. The van der Waals surface area contributed by atoms with E-state index in [-0.39, 0.29) is 24.4 Å². The smallest absolute Gasteiger partial charge is 0.418 e. The molecule has 4 aromatic carbocycles. The summed E-state index contributed by atoms with van der Waals surface area (Å²) in [6.45, 7) is 4.64. The van der Waals surface area contributed by atoms with Gasteiger partial charge in [-0.05, 0) is 113 Å². The number of hydrogen-bond acceptors (Lipinski definition) is 10. The number of amides is 2. The Morgan fingerprint density at radius 3 is 1.03 bits per heavy atom. The van der Waals surface area contributed by atoms with Gasteiger partial charge in [0, 0.05) is 87.2 Å². The molecule has 2 amide bonds. The van der Waals surface area contributed by atoms with Crippen LogP contribution in [-0.4, -0.2) is 122 Å². The van der Waals surface area contributed by atoms with Gasteiger partial charge < -0.3 is 38.5 Å². The summed E-state index contributed by atoms with van der Waals surface area (Å²) in [6.07, 6.45) is 3.31. The monoisotopic (exact) mass is 942 g/mol. The Labute approximate surface area is 394 Å². The molecule has 0 aliphatic carbocycles. The zero-order chi connectivity index (χ0) is 48.0. The van der Waals surface area contributed by atoms with Crippen molar-refractivity contribution in [2.45, 2.75) is 74.8 Å². The summed E-state index contributed by atoms with van der Waals surface area (Å²) in [6, 6.07) is 21.8. The molecular weight excluding hydrogens is 885 g/mol. The molecule has 4 saturated heterocycles. The number of rotatable bonds is 14. The van der Waals surface area contributed by atoms with Gasteiger partial charge in [0.1, 0.15) is 35.5 Å². The van der Waals surface area contributed by atoms with Crippen LogP contribution in [0.25, 0.3) is 0 Å². The number of likely N-dealkylation sites (tertiary alicyclic amines) is 2. The van der Waals surface area contributed by atoms with Gasteiger partial charge >= 0.3 is 24.1 Å². The largest absolute Gasteiger partial charge is 0.446 e. The Hall–Kier alpha value is -6.00. The van der Waals surface area contributed by atoms with Crippen LogP contribution in [0.4, 0.5) is 27.2 Å². The second-order valence-corrected chi connectivity index (χ2v) is 18.5.